The fourth-order valence-corrected chi connectivity index (χ4v) is 1.78. The highest BCUT2D eigenvalue weighted by Gasteiger charge is 2.13. The predicted molar refractivity (Wildman–Crippen MR) is 69.6 cm³/mol. The normalized spacial score (nSPS) is 11.9. The minimum absolute atomic E-state index is 0.0887. The van der Waals surface area contributed by atoms with E-state index in [-0.39, 0.29) is 17.4 Å². The van der Waals surface area contributed by atoms with E-state index >= 15 is 0 Å². The molecule has 1 aromatic carbocycles. The lowest BCUT2D eigenvalue weighted by Gasteiger charge is -2.17. The maximum absolute atomic E-state index is 13.1. The summed E-state index contributed by atoms with van der Waals surface area (Å²) in [5.74, 6) is -1.37. The van der Waals surface area contributed by atoms with E-state index in [4.69, 9.17) is 5.11 Å². The number of hydrogen-bond acceptors (Lipinski definition) is 3. The van der Waals surface area contributed by atoms with Crippen molar-refractivity contribution in [2.24, 2.45) is 0 Å². The van der Waals surface area contributed by atoms with Crippen molar-refractivity contribution >= 4 is 11.7 Å². The number of aromatic carboxylic acids is 1. The first-order valence-corrected chi connectivity index (χ1v) is 5.77. The molecule has 0 saturated heterocycles. The van der Waals surface area contributed by atoms with E-state index in [0.717, 1.165) is 5.56 Å². The van der Waals surface area contributed by atoms with Crippen LogP contribution < -0.4 is 5.32 Å². The van der Waals surface area contributed by atoms with Crippen LogP contribution in [0, 0.1) is 5.82 Å². The third-order valence-electron chi connectivity index (χ3n) is 2.77. The van der Waals surface area contributed by atoms with Gasteiger partial charge in [-0.05, 0) is 30.7 Å². The van der Waals surface area contributed by atoms with Gasteiger partial charge in [0.05, 0.1) is 5.69 Å². The van der Waals surface area contributed by atoms with Crippen LogP contribution in [-0.4, -0.2) is 16.1 Å². The van der Waals surface area contributed by atoms with Gasteiger partial charge < -0.3 is 10.4 Å². The highest BCUT2D eigenvalue weighted by Crippen LogP contribution is 2.22. The van der Waals surface area contributed by atoms with Crippen LogP contribution in [0.25, 0.3) is 0 Å². The zero-order chi connectivity index (χ0) is 13.8. The highest BCUT2D eigenvalue weighted by molar-refractivity contribution is 5.93. The molecule has 5 heteroatoms. The van der Waals surface area contributed by atoms with Gasteiger partial charge in [-0.15, -0.1) is 0 Å². The van der Waals surface area contributed by atoms with Crippen molar-refractivity contribution < 1.29 is 14.3 Å². The van der Waals surface area contributed by atoms with E-state index in [1.54, 1.807) is 18.2 Å². The molecule has 2 rings (SSSR count). The number of hydrogen-bond donors (Lipinski definition) is 2. The Morgan fingerprint density at radius 1 is 1.42 bits per heavy atom. The van der Waals surface area contributed by atoms with E-state index in [1.165, 1.54) is 24.5 Å². The third-order valence-corrected chi connectivity index (χ3v) is 2.77. The van der Waals surface area contributed by atoms with Crippen molar-refractivity contribution in [1.29, 1.82) is 0 Å². The number of halogens is 1. The lowest BCUT2D eigenvalue weighted by molar-refractivity contribution is 0.0697. The largest absolute Gasteiger partial charge is 0.478 e. The van der Waals surface area contributed by atoms with Gasteiger partial charge in [-0.1, -0.05) is 12.1 Å². The van der Waals surface area contributed by atoms with Gasteiger partial charge in [-0.25, -0.2) is 9.18 Å². The fourth-order valence-electron chi connectivity index (χ4n) is 1.78. The molecule has 1 atom stereocenters. The van der Waals surface area contributed by atoms with Crippen LogP contribution in [0.5, 0.6) is 0 Å². The molecule has 2 aromatic rings. The minimum Gasteiger partial charge on any atom is -0.478 e. The van der Waals surface area contributed by atoms with Gasteiger partial charge in [0, 0.05) is 18.4 Å². The fraction of sp³-hybridized carbons (Fsp3) is 0.143. The van der Waals surface area contributed by atoms with Crippen LogP contribution in [-0.2, 0) is 0 Å². The third kappa shape index (κ3) is 3.07. The molecular formula is C14H13FN2O2. The Morgan fingerprint density at radius 2 is 2.21 bits per heavy atom. The van der Waals surface area contributed by atoms with E-state index in [1.807, 2.05) is 6.92 Å². The molecule has 0 bridgehead atoms. The van der Waals surface area contributed by atoms with Gasteiger partial charge in [-0.3, -0.25) is 4.98 Å². The van der Waals surface area contributed by atoms with E-state index in [0.29, 0.717) is 5.69 Å². The van der Waals surface area contributed by atoms with Gasteiger partial charge in [-0.2, -0.15) is 0 Å². The Labute approximate surface area is 109 Å². The molecule has 98 valence electrons. The second kappa shape index (κ2) is 5.48. The number of carboxylic acid groups (broad SMARTS) is 1. The molecule has 0 aliphatic rings. The molecule has 19 heavy (non-hydrogen) atoms. The van der Waals surface area contributed by atoms with E-state index < -0.39 is 5.97 Å². The summed E-state index contributed by atoms with van der Waals surface area (Å²) in [5, 5.41) is 12.1. The Hall–Kier alpha value is -2.43. The Bertz CT molecular complexity index is 602. The quantitative estimate of drug-likeness (QED) is 0.886. The Balaban J connectivity index is 2.24. The number of carboxylic acids is 1. The van der Waals surface area contributed by atoms with Crippen LogP contribution in [0.1, 0.15) is 28.9 Å². The van der Waals surface area contributed by atoms with Crippen LogP contribution in [0.4, 0.5) is 10.1 Å². The average molecular weight is 260 g/mol. The molecular weight excluding hydrogens is 247 g/mol. The molecule has 0 radical (unpaired) electrons. The number of pyridine rings is 1. The van der Waals surface area contributed by atoms with Gasteiger partial charge in [0.25, 0.3) is 0 Å². The van der Waals surface area contributed by atoms with Gasteiger partial charge in [0.1, 0.15) is 11.4 Å². The molecule has 0 spiro atoms. The number of carbonyl (C=O) groups is 1. The molecule has 0 fully saturated rings. The molecule has 0 saturated carbocycles. The molecule has 1 aromatic heterocycles. The second-order valence-corrected chi connectivity index (χ2v) is 4.15. The molecule has 2 N–H and O–H groups in total. The van der Waals surface area contributed by atoms with Gasteiger partial charge >= 0.3 is 5.97 Å². The Morgan fingerprint density at radius 3 is 2.89 bits per heavy atom. The average Bonchev–Trinajstić information content (AvgIpc) is 2.39. The summed E-state index contributed by atoms with van der Waals surface area (Å²) in [6, 6.07) is 7.55. The summed E-state index contributed by atoms with van der Waals surface area (Å²) in [4.78, 5) is 14.8. The van der Waals surface area contributed by atoms with Crippen LogP contribution >= 0.6 is 0 Å². The van der Waals surface area contributed by atoms with Crippen molar-refractivity contribution in [2.45, 2.75) is 13.0 Å². The zero-order valence-corrected chi connectivity index (χ0v) is 10.3. The molecule has 4 nitrogen and oxygen atoms in total. The number of anilines is 1. The minimum atomic E-state index is -1.05. The van der Waals surface area contributed by atoms with Crippen molar-refractivity contribution in [2.75, 3.05) is 5.32 Å². The number of nitrogens with one attached hydrogen (secondary N) is 1. The maximum Gasteiger partial charge on any atom is 0.339 e. The second-order valence-electron chi connectivity index (χ2n) is 4.15. The zero-order valence-electron chi connectivity index (χ0n) is 10.3. The summed E-state index contributed by atoms with van der Waals surface area (Å²) in [5.41, 5.74) is 1.29. The van der Waals surface area contributed by atoms with Crippen LogP contribution in [0.15, 0.2) is 42.7 Å². The van der Waals surface area contributed by atoms with Crippen molar-refractivity contribution in [3.05, 3.63) is 59.7 Å². The maximum atomic E-state index is 13.1. The van der Waals surface area contributed by atoms with Crippen molar-refractivity contribution in [1.82, 2.24) is 4.98 Å². The summed E-state index contributed by atoms with van der Waals surface area (Å²) < 4.78 is 13.1. The molecule has 0 aliphatic carbocycles. The summed E-state index contributed by atoms with van der Waals surface area (Å²) in [7, 11) is 0. The first kappa shape index (κ1) is 13.0. The summed E-state index contributed by atoms with van der Waals surface area (Å²) >= 11 is 0. The van der Waals surface area contributed by atoms with Gasteiger partial charge in [0.15, 0.2) is 0 Å². The number of nitrogens with zero attached hydrogens (tertiary/aromatic N) is 1. The lowest BCUT2D eigenvalue weighted by Crippen LogP contribution is -2.11. The number of rotatable bonds is 4. The standard InChI is InChI=1S/C14H13FN2O2/c1-9(10-3-2-4-11(15)7-10)17-13-5-6-16-8-12(13)14(18)19/h2-9H,1H3,(H,16,17)(H,18,19). The van der Waals surface area contributed by atoms with Crippen LogP contribution in [0.3, 0.4) is 0 Å². The van der Waals surface area contributed by atoms with Crippen molar-refractivity contribution in [3.8, 4) is 0 Å². The Kier molecular flexibility index (Phi) is 3.75. The first-order chi connectivity index (χ1) is 9.08. The molecule has 0 amide bonds. The predicted octanol–water partition coefficient (Wildman–Crippen LogP) is 3.09. The number of aromatic nitrogens is 1. The summed E-state index contributed by atoms with van der Waals surface area (Å²) in [6.45, 7) is 1.83. The summed E-state index contributed by atoms with van der Waals surface area (Å²) in [6.07, 6.45) is 2.79. The number of benzene rings is 1. The van der Waals surface area contributed by atoms with Crippen LogP contribution in [0.2, 0.25) is 0 Å². The highest BCUT2D eigenvalue weighted by atomic mass is 19.1. The van der Waals surface area contributed by atoms with Crippen molar-refractivity contribution in [3.63, 3.8) is 0 Å². The molecule has 1 unspecified atom stereocenters. The molecule has 1 heterocycles. The molecule has 0 aliphatic heterocycles. The first-order valence-electron chi connectivity index (χ1n) is 5.77. The van der Waals surface area contributed by atoms with E-state index in [2.05, 4.69) is 10.3 Å². The topological polar surface area (TPSA) is 62.2 Å². The lowest BCUT2D eigenvalue weighted by atomic mass is 10.1. The smallest absolute Gasteiger partial charge is 0.339 e. The van der Waals surface area contributed by atoms with Gasteiger partial charge in [0.2, 0.25) is 0 Å². The monoisotopic (exact) mass is 260 g/mol. The SMILES string of the molecule is CC(Nc1ccncc1C(=O)O)c1cccc(F)c1. The van der Waals surface area contributed by atoms with E-state index in [9.17, 15) is 9.18 Å².